The minimum atomic E-state index is 0.0835. The molecule has 4 nitrogen and oxygen atoms in total. The first-order valence-electron chi connectivity index (χ1n) is 6.61. The van der Waals surface area contributed by atoms with Gasteiger partial charge in [0.2, 0.25) is 0 Å². The van der Waals surface area contributed by atoms with Crippen LogP contribution < -0.4 is 11.3 Å². The number of imidazole rings is 1. The second-order valence-corrected chi connectivity index (χ2v) is 5.98. The van der Waals surface area contributed by atoms with Gasteiger partial charge in [-0.15, -0.1) is 11.3 Å². The van der Waals surface area contributed by atoms with Crippen LogP contribution in [0.4, 0.5) is 0 Å². The fourth-order valence-corrected chi connectivity index (χ4v) is 3.28. The summed E-state index contributed by atoms with van der Waals surface area (Å²) >= 11 is 1.64. The number of nitrogens with zero attached hydrogens (tertiary/aromatic N) is 2. The highest BCUT2D eigenvalue weighted by molar-refractivity contribution is 7.15. The van der Waals surface area contributed by atoms with E-state index in [1.54, 1.807) is 11.3 Å². The topological polar surface area (TPSA) is 55.3 Å². The number of hydrazine groups is 1. The number of hydrogen-bond acceptors (Lipinski definition) is 4. The third-order valence-corrected chi connectivity index (χ3v) is 4.33. The number of fused-ring (bicyclic) bond motifs is 1. The maximum Gasteiger partial charge on any atom is 0.193 e. The summed E-state index contributed by atoms with van der Waals surface area (Å²) in [4.78, 5) is 5.64. The molecule has 0 saturated heterocycles. The molecule has 3 N–H and O–H groups in total. The average Bonchev–Trinajstić information content (AvgIpc) is 2.97. The molecule has 0 aliphatic heterocycles. The molecule has 0 fully saturated rings. The molecule has 104 valence electrons. The van der Waals surface area contributed by atoms with E-state index in [2.05, 4.69) is 53.1 Å². The highest BCUT2D eigenvalue weighted by Crippen LogP contribution is 2.22. The molecular weight excluding hydrogens is 268 g/mol. The molecule has 3 aromatic rings. The molecule has 1 aromatic carbocycles. The van der Waals surface area contributed by atoms with Crippen LogP contribution in [0.25, 0.3) is 4.96 Å². The van der Waals surface area contributed by atoms with E-state index in [9.17, 15) is 0 Å². The lowest BCUT2D eigenvalue weighted by atomic mass is 9.96. The van der Waals surface area contributed by atoms with Gasteiger partial charge in [0.15, 0.2) is 4.96 Å². The Bertz CT molecular complexity index is 700. The monoisotopic (exact) mass is 286 g/mol. The summed E-state index contributed by atoms with van der Waals surface area (Å²) in [5.41, 5.74) is 7.73. The zero-order valence-electron chi connectivity index (χ0n) is 11.6. The Morgan fingerprint density at radius 1 is 1.40 bits per heavy atom. The van der Waals surface area contributed by atoms with Gasteiger partial charge < -0.3 is 0 Å². The fourth-order valence-electron chi connectivity index (χ4n) is 2.56. The molecule has 1 atom stereocenters. The first-order valence-corrected chi connectivity index (χ1v) is 7.49. The Balaban J connectivity index is 1.88. The molecule has 3 rings (SSSR count). The fraction of sp³-hybridized carbons (Fsp3) is 0.267. The summed E-state index contributed by atoms with van der Waals surface area (Å²) in [7, 11) is 0. The molecule has 5 heteroatoms. The minimum absolute atomic E-state index is 0.0835. The number of thiazole rings is 1. The van der Waals surface area contributed by atoms with E-state index in [0.717, 1.165) is 17.1 Å². The molecule has 2 heterocycles. The standard InChI is InChI=1S/C15H18N4S/c1-10-3-4-13(11(2)7-10)14(18-16)8-12-9-19-5-6-20-15(19)17-12/h3-7,9,14,18H,8,16H2,1-2H3. The van der Waals surface area contributed by atoms with Gasteiger partial charge in [0.05, 0.1) is 11.7 Å². The molecule has 0 saturated carbocycles. The van der Waals surface area contributed by atoms with E-state index < -0.39 is 0 Å². The summed E-state index contributed by atoms with van der Waals surface area (Å²) in [5.74, 6) is 5.75. The average molecular weight is 286 g/mol. The van der Waals surface area contributed by atoms with Gasteiger partial charge >= 0.3 is 0 Å². The molecule has 0 bridgehead atoms. The lowest BCUT2D eigenvalue weighted by Crippen LogP contribution is -2.30. The maximum atomic E-state index is 5.75. The van der Waals surface area contributed by atoms with E-state index >= 15 is 0 Å². The van der Waals surface area contributed by atoms with Crippen molar-refractivity contribution in [2.24, 2.45) is 5.84 Å². The summed E-state index contributed by atoms with van der Waals surface area (Å²) in [6, 6.07) is 6.54. The maximum absolute atomic E-state index is 5.75. The second-order valence-electron chi connectivity index (χ2n) is 5.11. The van der Waals surface area contributed by atoms with Crippen LogP contribution in [-0.2, 0) is 6.42 Å². The highest BCUT2D eigenvalue weighted by atomic mass is 32.1. The van der Waals surface area contributed by atoms with Gasteiger partial charge in [-0.05, 0) is 25.0 Å². The normalized spacial score (nSPS) is 12.9. The van der Waals surface area contributed by atoms with E-state index in [1.807, 2.05) is 11.6 Å². The smallest absolute Gasteiger partial charge is 0.193 e. The van der Waals surface area contributed by atoms with Crippen LogP contribution in [0.5, 0.6) is 0 Å². The first kappa shape index (κ1) is 13.3. The minimum Gasteiger partial charge on any atom is -0.297 e. The number of hydrogen-bond donors (Lipinski definition) is 2. The SMILES string of the molecule is Cc1ccc(C(Cc2cn3ccsc3n2)NN)c(C)c1. The van der Waals surface area contributed by atoms with Gasteiger partial charge in [-0.2, -0.15) is 0 Å². The lowest BCUT2D eigenvalue weighted by molar-refractivity contribution is 0.544. The third kappa shape index (κ3) is 2.47. The van der Waals surface area contributed by atoms with Crippen molar-refractivity contribution >= 4 is 16.3 Å². The Morgan fingerprint density at radius 2 is 2.25 bits per heavy atom. The summed E-state index contributed by atoms with van der Waals surface area (Å²) in [6.07, 6.45) is 4.88. The molecule has 0 radical (unpaired) electrons. The van der Waals surface area contributed by atoms with Crippen molar-refractivity contribution in [3.8, 4) is 0 Å². The Labute approximate surface area is 122 Å². The zero-order valence-corrected chi connectivity index (χ0v) is 12.4. The number of benzene rings is 1. The van der Waals surface area contributed by atoms with Crippen molar-refractivity contribution < 1.29 is 0 Å². The van der Waals surface area contributed by atoms with Gasteiger partial charge in [-0.1, -0.05) is 23.8 Å². The van der Waals surface area contributed by atoms with Crippen LogP contribution in [0.3, 0.4) is 0 Å². The van der Waals surface area contributed by atoms with Crippen molar-refractivity contribution in [1.82, 2.24) is 14.8 Å². The van der Waals surface area contributed by atoms with Crippen molar-refractivity contribution in [2.45, 2.75) is 26.3 Å². The zero-order chi connectivity index (χ0) is 14.1. The van der Waals surface area contributed by atoms with E-state index in [1.165, 1.54) is 16.7 Å². The Kier molecular flexibility index (Phi) is 3.56. The molecule has 1 unspecified atom stereocenters. The number of aromatic nitrogens is 2. The van der Waals surface area contributed by atoms with Crippen LogP contribution in [0.15, 0.2) is 36.0 Å². The van der Waals surface area contributed by atoms with Crippen LogP contribution in [0.1, 0.15) is 28.4 Å². The van der Waals surface area contributed by atoms with Crippen LogP contribution in [0.2, 0.25) is 0 Å². The predicted octanol–water partition coefficient (Wildman–Crippen LogP) is 2.76. The molecular formula is C15H18N4S. The molecule has 0 spiro atoms. The quantitative estimate of drug-likeness (QED) is 0.573. The van der Waals surface area contributed by atoms with Gasteiger partial charge in [0, 0.05) is 24.2 Å². The summed E-state index contributed by atoms with van der Waals surface area (Å²) < 4.78 is 2.05. The van der Waals surface area contributed by atoms with Crippen molar-refractivity contribution in [3.05, 3.63) is 58.4 Å². The number of aryl methyl sites for hydroxylation is 2. The van der Waals surface area contributed by atoms with Crippen LogP contribution in [-0.4, -0.2) is 9.38 Å². The number of rotatable bonds is 4. The largest absolute Gasteiger partial charge is 0.297 e. The lowest BCUT2D eigenvalue weighted by Gasteiger charge is -2.18. The van der Waals surface area contributed by atoms with Crippen LogP contribution in [0, 0.1) is 13.8 Å². The van der Waals surface area contributed by atoms with Gasteiger partial charge in [-0.25, -0.2) is 4.98 Å². The summed E-state index contributed by atoms with van der Waals surface area (Å²) in [6.45, 7) is 4.23. The van der Waals surface area contributed by atoms with Crippen molar-refractivity contribution in [1.29, 1.82) is 0 Å². The molecule has 0 aliphatic carbocycles. The van der Waals surface area contributed by atoms with Crippen molar-refractivity contribution in [2.75, 3.05) is 0 Å². The van der Waals surface area contributed by atoms with E-state index in [-0.39, 0.29) is 6.04 Å². The Hall–Kier alpha value is -1.69. The van der Waals surface area contributed by atoms with Crippen LogP contribution >= 0.6 is 11.3 Å². The second kappa shape index (κ2) is 5.36. The molecule has 2 aromatic heterocycles. The predicted molar refractivity (Wildman–Crippen MR) is 82.8 cm³/mol. The number of nitrogens with two attached hydrogens (primary N) is 1. The molecule has 0 aliphatic rings. The van der Waals surface area contributed by atoms with Gasteiger partial charge in [0.1, 0.15) is 0 Å². The Morgan fingerprint density at radius 3 is 2.95 bits per heavy atom. The van der Waals surface area contributed by atoms with Crippen molar-refractivity contribution in [3.63, 3.8) is 0 Å². The van der Waals surface area contributed by atoms with Gasteiger partial charge in [-0.3, -0.25) is 15.7 Å². The van der Waals surface area contributed by atoms with Gasteiger partial charge in [0.25, 0.3) is 0 Å². The first-order chi connectivity index (χ1) is 9.67. The number of nitrogens with one attached hydrogen (secondary N) is 1. The molecule has 20 heavy (non-hydrogen) atoms. The van der Waals surface area contributed by atoms with E-state index in [4.69, 9.17) is 5.84 Å². The highest BCUT2D eigenvalue weighted by Gasteiger charge is 2.15. The molecule has 0 amide bonds. The third-order valence-electron chi connectivity index (χ3n) is 3.56. The summed E-state index contributed by atoms with van der Waals surface area (Å²) in [5, 5.41) is 2.04. The van der Waals surface area contributed by atoms with E-state index in [0.29, 0.717) is 0 Å².